The van der Waals surface area contributed by atoms with Crippen LogP contribution in [0.1, 0.15) is 47.5 Å². The summed E-state index contributed by atoms with van der Waals surface area (Å²) < 4.78 is 0. The topological polar surface area (TPSA) is 18.5 Å². The molecule has 0 spiro atoms. The van der Waals surface area contributed by atoms with Gasteiger partial charge in [-0.2, -0.15) is 0 Å². The first kappa shape index (κ1) is 17.3. The monoisotopic (exact) mass is 349 g/mol. The van der Waals surface area contributed by atoms with E-state index >= 15 is 0 Å². The van der Waals surface area contributed by atoms with E-state index in [1.807, 2.05) is 0 Å². The highest BCUT2D eigenvalue weighted by Crippen LogP contribution is 2.51. The van der Waals surface area contributed by atoms with Crippen LogP contribution in [0.2, 0.25) is 0 Å². The Morgan fingerprint density at radius 3 is 2.54 bits per heavy atom. The van der Waals surface area contributed by atoms with E-state index < -0.39 is 0 Å². The molecule has 2 unspecified atom stereocenters. The van der Waals surface area contributed by atoms with Gasteiger partial charge < -0.3 is 15.1 Å². The minimum absolute atomic E-state index is 0.0768. The number of para-hydroxylation sites is 2. The first-order valence-corrected chi connectivity index (χ1v) is 9.91. The number of hydrogen-bond donors (Lipinski definition) is 1. The molecule has 1 aromatic rings. The van der Waals surface area contributed by atoms with Crippen molar-refractivity contribution in [2.75, 3.05) is 9.80 Å². The molecule has 1 aromatic carbocycles. The van der Waals surface area contributed by atoms with E-state index in [-0.39, 0.29) is 5.41 Å². The molecule has 0 amide bonds. The summed E-state index contributed by atoms with van der Waals surface area (Å²) in [6.07, 6.45) is 7.32. The Morgan fingerprint density at radius 2 is 1.92 bits per heavy atom. The average Bonchev–Trinajstić information content (AvgIpc) is 3.10. The summed E-state index contributed by atoms with van der Waals surface area (Å²) in [5, 5.41) is 3.62. The summed E-state index contributed by atoms with van der Waals surface area (Å²) >= 11 is 0. The summed E-state index contributed by atoms with van der Waals surface area (Å²) in [4.78, 5) is 5.06. The molecule has 0 aliphatic carbocycles. The van der Waals surface area contributed by atoms with Gasteiger partial charge in [-0.25, -0.2) is 0 Å². The molecule has 3 nitrogen and oxygen atoms in total. The highest BCUT2D eigenvalue weighted by molar-refractivity contribution is 5.82. The Hall–Kier alpha value is -2.16. The molecular formula is C23H31N3. The molecule has 2 atom stereocenters. The van der Waals surface area contributed by atoms with Gasteiger partial charge in [-0.1, -0.05) is 45.6 Å². The Kier molecular flexibility index (Phi) is 3.94. The van der Waals surface area contributed by atoms with Gasteiger partial charge in [0, 0.05) is 35.3 Å². The molecule has 0 saturated carbocycles. The van der Waals surface area contributed by atoms with E-state index in [0.717, 1.165) is 12.8 Å². The molecular weight excluding hydrogens is 318 g/mol. The summed E-state index contributed by atoms with van der Waals surface area (Å²) in [7, 11) is 0. The van der Waals surface area contributed by atoms with E-state index in [4.69, 9.17) is 0 Å². The van der Waals surface area contributed by atoms with Gasteiger partial charge in [0.25, 0.3) is 0 Å². The average molecular weight is 350 g/mol. The summed E-state index contributed by atoms with van der Waals surface area (Å²) in [5.74, 6) is 0. The number of hydrogen-bond acceptors (Lipinski definition) is 3. The minimum Gasteiger partial charge on any atom is -0.382 e. The van der Waals surface area contributed by atoms with Crippen LogP contribution >= 0.6 is 0 Å². The molecule has 3 heterocycles. The van der Waals surface area contributed by atoms with Gasteiger partial charge in [0.05, 0.1) is 11.4 Å². The standard InChI is InChI=1S/C23H31N3/c1-7-17-14-21(24-17)23(5,6)16(4)18-12-13-22-25(15(2)3)19-10-8-9-11-20(19)26(18)22/h8-12,14-15,17,22,24H,4,7,13H2,1-3,5-6H3. The maximum atomic E-state index is 4.56. The molecule has 3 aliphatic rings. The lowest BCUT2D eigenvalue weighted by atomic mass is 9.76. The second-order valence-electron chi connectivity index (χ2n) is 8.51. The van der Waals surface area contributed by atoms with Crippen LogP contribution in [-0.4, -0.2) is 18.2 Å². The zero-order valence-corrected chi connectivity index (χ0v) is 16.7. The molecule has 26 heavy (non-hydrogen) atoms. The van der Waals surface area contributed by atoms with Crippen LogP contribution < -0.4 is 15.1 Å². The third-order valence-corrected chi connectivity index (χ3v) is 6.26. The van der Waals surface area contributed by atoms with Crippen LogP contribution in [0.5, 0.6) is 0 Å². The predicted molar refractivity (Wildman–Crippen MR) is 111 cm³/mol. The molecule has 4 rings (SSSR count). The second-order valence-corrected chi connectivity index (χ2v) is 8.51. The summed E-state index contributed by atoms with van der Waals surface area (Å²) in [6.45, 7) is 15.9. The third kappa shape index (κ3) is 2.33. The van der Waals surface area contributed by atoms with Crippen molar-refractivity contribution in [1.82, 2.24) is 5.32 Å². The van der Waals surface area contributed by atoms with Crippen LogP contribution in [0, 0.1) is 5.41 Å². The lowest BCUT2D eigenvalue weighted by molar-refractivity contribution is 0.424. The number of allylic oxidation sites excluding steroid dienone is 2. The van der Waals surface area contributed by atoms with Crippen molar-refractivity contribution in [3.63, 3.8) is 0 Å². The Bertz CT molecular complexity index is 799. The van der Waals surface area contributed by atoms with Crippen LogP contribution in [0.3, 0.4) is 0 Å². The van der Waals surface area contributed by atoms with E-state index in [2.05, 4.69) is 92.7 Å². The van der Waals surface area contributed by atoms with E-state index in [0.29, 0.717) is 18.2 Å². The van der Waals surface area contributed by atoms with Crippen molar-refractivity contribution in [1.29, 1.82) is 0 Å². The second kappa shape index (κ2) is 5.94. The van der Waals surface area contributed by atoms with Gasteiger partial charge in [-0.05, 0) is 44.1 Å². The first-order chi connectivity index (χ1) is 12.4. The van der Waals surface area contributed by atoms with Crippen LogP contribution in [0.4, 0.5) is 11.4 Å². The SMILES string of the molecule is C=C(C1=CCC2N1c1ccccc1N2C(C)C)C(C)(C)C1=CC(CC)N1. The number of benzene rings is 1. The van der Waals surface area contributed by atoms with Crippen molar-refractivity contribution < 1.29 is 0 Å². The van der Waals surface area contributed by atoms with Gasteiger partial charge in [0.1, 0.15) is 6.17 Å². The Balaban J connectivity index is 1.67. The van der Waals surface area contributed by atoms with Crippen molar-refractivity contribution in [3.8, 4) is 0 Å². The third-order valence-electron chi connectivity index (χ3n) is 6.26. The highest BCUT2D eigenvalue weighted by atomic mass is 15.4. The molecule has 3 aliphatic heterocycles. The van der Waals surface area contributed by atoms with Crippen LogP contribution in [0.25, 0.3) is 0 Å². The fraction of sp³-hybridized carbons (Fsp3) is 0.478. The summed E-state index contributed by atoms with van der Waals surface area (Å²) in [6, 6.07) is 9.78. The number of nitrogens with one attached hydrogen (secondary N) is 1. The van der Waals surface area contributed by atoms with Crippen LogP contribution in [-0.2, 0) is 0 Å². The molecule has 3 heteroatoms. The zero-order valence-electron chi connectivity index (χ0n) is 16.7. The number of nitrogens with zero attached hydrogens (tertiary/aromatic N) is 2. The molecule has 0 aromatic heterocycles. The van der Waals surface area contributed by atoms with Crippen molar-refractivity contribution in [2.24, 2.45) is 5.41 Å². The molecule has 0 fully saturated rings. The van der Waals surface area contributed by atoms with E-state index in [1.54, 1.807) is 0 Å². The molecule has 1 N–H and O–H groups in total. The minimum atomic E-state index is -0.0768. The molecule has 138 valence electrons. The molecule has 0 bridgehead atoms. The number of anilines is 2. The van der Waals surface area contributed by atoms with Crippen molar-refractivity contribution >= 4 is 11.4 Å². The first-order valence-electron chi connectivity index (χ1n) is 9.91. The zero-order chi connectivity index (χ0) is 18.6. The van der Waals surface area contributed by atoms with Crippen molar-refractivity contribution in [2.45, 2.75) is 65.7 Å². The van der Waals surface area contributed by atoms with Gasteiger partial charge in [0.15, 0.2) is 0 Å². The lowest BCUT2D eigenvalue weighted by Gasteiger charge is -2.41. The predicted octanol–water partition coefficient (Wildman–Crippen LogP) is 5.18. The highest BCUT2D eigenvalue weighted by Gasteiger charge is 2.44. The molecule has 0 radical (unpaired) electrons. The number of rotatable bonds is 5. The fourth-order valence-corrected chi connectivity index (χ4v) is 4.53. The van der Waals surface area contributed by atoms with Crippen LogP contribution in [0.15, 0.2) is 60.0 Å². The fourth-order valence-electron chi connectivity index (χ4n) is 4.53. The Morgan fingerprint density at radius 1 is 1.27 bits per heavy atom. The van der Waals surface area contributed by atoms with Gasteiger partial charge in [-0.15, -0.1) is 0 Å². The van der Waals surface area contributed by atoms with E-state index in [1.165, 1.54) is 28.3 Å². The normalized spacial score (nSPS) is 23.9. The largest absolute Gasteiger partial charge is 0.382 e. The Labute approximate surface area is 158 Å². The smallest absolute Gasteiger partial charge is 0.110 e. The van der Waals surface area contributed by atoms with Crippen molar-refractivity contribution in [3.05, 3.63) is 60.0 Å². The maximum absolute atomic E-state index is 4.56. The lowest BCUT2D eigenvalue weighted by Crippen LogP contribution is -2.46. The maximum Gasteiger partial charge on any atom is 0.110 e. The van der Waals surface area contributed by atoms with Gasteiger partial charge in [0.2, 0.25) is 0 Å². The van der Waals surface area contributed by atoms with Gasteiger partial charge in [-0.3, -0.25) is 0 Å². The van der Waals surface area contributed by atoms with Gasteiger partial charge >= 0.3 is 0 Å². The molecule has 0 saturated heterocycles. The quantitative estimate of drug-likeness (QED) is 0.790. The van der Waals surface area contributed by atoms with E-state index in [9.17, 15) is 0 Å². The number of fused-ring (bicyclic) bond motifs is 3. The summed E-state index contributed by atoms with van der Waals surface area (Å²) in [5.41, 5.74) is 6.38.